The van der Waals surface area contributed by atoms with E-state index in [1.54, 1.807) is 41.5 Å². The second kappa shape index (κ2) is 10.8. The number of phosphoric acid groups is 1. The molecule has 13 nitrogen and oxygen atoms in total. The number of esters is 2. The van der Waals surface area contributed by atoms with E-state index in [1.807, 2.05) is 0 Å². The molecule has 198 valence electrons. The molecule has 1 aliphatic heterocycles. The van der Waals surface area contributed by atoms with Crippen molar-refractivity contribution in [3.8, 4) is 0 Å². The van der Waals surface area contributed by atoms with E-state index in [0.717, 1.165) is 4.57 Å². The molecule has 14 heteroatoms. The van der Waals surface area contributed by atoms with Crippen molar-refractivity contribution in [2.75, 3.05) is 6.61 Å². The number of carbonyl (C=O) groups excluding carboxylic acids is 2. The van der Waals surface area contributed by atoms with E-state index in [2.05, 4.69) is 9.51 Å². The number of aromatic amines is 1. The maximum absolute atomic E-state index is 12.8. The Morgan fingerprint density at radius 2 is 1.57 bits per heavy atom. The van der Waals surface area contributed by atoms with Crippen LogP contribution < -0.4 is 11.2 Å². The summed E-state index contributed by atoms with van der Waals surface area (Å²) in [6, 6.07) is 0. The van der Waals surface area contributed by atoms with E-state index in [-0.39, 0.29) is 17.7 Å². The van der Waals surface area contributed by atoms with Crippen molar-refractivity contribution in [2.24, 2.45) is 10.8 Å². The molecule has 1 aromatic rings. The Bertz CT molecular complexity index is 1100. The molecule has 0 radical (unpaired) electrons. The maximum Gasteiger partial charge on any atom is 0.469 e. The van der Waals surface area contributed by atoms with Crippen LogP contribution in [-0.4, -0.2) is 44.0 Å². The number of phosphoric ester groups is 1. The van der Waals surface area contributed by atoms with Crippen LogP contribution in [0.1, 0.15) is 71.9 Å². The largest absolute Gasteiger partial charge is 0.469 e. The minimum Gasteiger partial charge on any atom is -0.460 e. The number of nitrogens with one attached hydrogen (secondary N) is 1. The van der Waals surface area contributed by atoms with Crippen molar-refractivity contribution in [3.63, 3.8) is 0 Å². The first-order chi connectivity index (χ1) is 15.9. The van der Waals surface area contributed by atoms with Gasteiger partial charge in [0.2, 0.25) is 0 Å². The molecule has 3 N–H and O–H groups in total. The fourth-order valence-corrected chi connectivity index (χ4v) is 3.49. The topological polar surface area (TPSA) is 183 Å². The number of hydrogen-bond donors (Lipinski definition) is 3. The molecule has 1 saturated heterocycles. The molecule has 0 bridgehead atoms. The van der Waals surface area contributed by atoms with Gasteiger partial charge in [-0.05, 0) is 54.4 Å². The van der Waals surface area contributed by atoms with Crippen LogP contribution in [0.3, 0.4) is 0 Å². The number of hydrogen-bond acceptors (Lipinski definition) is 9. The highest BCUT2D eigenvalue weighted by atomic mass is 31.2. The SMILES string of the molecule is CC(C)(C)C(=O)OCc1c(COC(=O)C(C)(C)C)n([C@H]2CC[C@@H](COP(=O)(O)O)O2)c(=O)[nH]c1=O. The number of rotatable bonds is 8. The highest BCUT2D eigenvalue weighted by Crippen LogP contribution is 2.38. The molecular formula is C21H33N2O11P. The molecule has 0 aliphatic carbocycles. The minimum atomic E-state index is -4.72. The van der Waals surface area contributed by atoms with Crippen molar-refractivity contribution in [1.29, 1.82) is 0 Å². The molecule has 0 saturated carbocycles. The highest BCUT2D eigenvalue weighted by Gasteiger charge is 2.33. The number of H-pyrrole nitrogens is 1. The Hall–Kier alpha value is -2.31. The molecule has 0 aromatic carbocycles. The van der Waals surface area contributed by atoms with Crippen LogP contribution in [0.5, 0.6) is 0 Å². The lowest BCUT2D eigenvalue weighted by Crippen LogP contribution is -2.39. The van der Waals surface area contributed by atoms with Gasteiger partial charge in [0.1, 0.15) is 19.4 Å². The molecular weight excluding hydrogens is 487 g/mol. The third kappa shape index (κ3) is 8.11. The van der Waals surface area contributed by atoms with Crippen LogP contribution in [0, 0.1) is 10.8 Å². The van der Waals surface area contributed by atoms with Gasteiger partial charge in [0.15, 0.2) is 0 Å². The summed E-state index contributed by atoms with van der Waals surface area (Å²) in [5.74, 6) is -1.17. The summed E-state index contributed by atoms with van der Waals surface area (Å²) >= 11 is 0. The van der Waals surface area contributed by atoms with Crippen LogP contribution in [0.15, 0.2) is 9.59 Å². The summed E-state index contributed by atoms with van der Waals surface area (Å²) < 4.78 is 32.9. The lowest BCUT2D eigenvalue weighted by molar-refractivity contribution is -0.156. The summed E-state index contributed by atoms with van der Waals surface area (Å²) in [4.78, 5) is 70.1. The highest BCUT2D eigenvalue weighted by molar-refractivity contribution is 7.46. The molecule has 1 aliphatic rings. The fourth-order valence-electron chi connectivity index (χ4n) is 3.13. The van der Waals surface area contributed by atoms with Crippen LogP contribution in [0.4, 0.5) is 0 Å². The van der Waals surface area contributed by atoms with Gasteiger partial charge in [-0.3, -0.25) is 28.5 Å². The molecule has 0 amide bonds. The van der Waals surface area contributed by atoms with E-state index < -0.39 is 74.0 Å². The van der Waals surface area contributed by atoms with Gasteiger partial charge < -0.3 is 24.0 Å². The average Bonchev–Trinajstić information content (AvgIpc) is 3.15. The standard InChI is InChI=1S/C21H33N2O11P/c1-20(2,3)17(25)31-10-13-14(11-32-18(26)21(4,5)6)23(19(27)22-16(13)24)15-8-7-12(34-15)9-33-35(28,29)30/h12,15H,7-11H2,1-6H3,(H,22,24,27)(H2,28,29,30)/t12-,15+/m0/s1. The van der Waals surface area contributed by atoms with E-state index in [0.29, 0.717) is 6.42 Å². The quantitative estimate of drug-likeness (QED) is 0.333. The second-order valence-corrected chi connectivity index (χ2v) is 11.5. The summed E-state index contributed by atoms with van der Waals surface area (Å²) in [5, 5.41) is 0. The van der Waals surface area contributed by atoms with Gasteiger partial charge >= 0.3 is 25.5 Å². The molecule has 0 unspecified atom stereocenters. The number of carbonyl (C=O) groups is 2. The number of nitrogens with zero attached hydrogens (tertiary/aromatic N) is 1. The second-order valence-electron chi connectivity index (χ2n) is 10.3. The summed E-state index contributed by atoms with van der Waals surface area (Å²) in [7, 11) is -4.72. The fraction of sp³-hybridized carbons (Fsp3) is 0.714. The summed E-state index contributed by atoms with van der Waals surface area (Å²) in [6.07, 6.45) is -1.15. The predicted molar refractivity (Wildman–Crippen MR) is 121 cm³/mol. The third-order valence-electron chi connectivity index (χ3n) is 5.07. The Balaban J connectivity index is 2.43. The molecule has 0 spiro atoms. The first kappa shape index (κ1) is 28.9. The van der Waals surface area contributed by atoms with Crippen molar-refractivity contribution in [1.82, 2.24) is 9.55 Å². The lowest BCUT2D eigenvalue weighted by atomic mass is 9.97. The van der Waals surface area contributed by atoms with Gasteiger partial charge in [-0.25, -0.2) is 9.36 Å². The van der Waals surface area contributed by atoms with Gasteiger partial charge in [0.05, 0.1) is 34.8 Å². The van der Waals surface area contributed by atoms with Crippen LogP contribution in [0.2, 0.25) is 0 Å². The smallest absolute Gasteiger partial charge is 0.460 e. The molecule has 2 rings (SSSR count). The molecule has 1 aromatic heterocycles. The zero-order chi connectivity index (χ0) is 26.8. The average molecular weight is 520 g/mol. The van der Waals surface area contributed by atoms with Crippen molar-refractivity contribution < 1.29 is 42.7 Å². The molecule has 1 fully saturated rings. The lowest BCUT2D eigenvalue weighted by Gasteiger charge is -2.23. The Morgan fingerprint density at radius 1 is 1.03 bits per heavy atom. The van der Waals surface area contributed by atoms with E-state index in [4.69, 9.17) is 24.0 Å². The van der Waals surface area contributed by atoms with Crippen LogP contribution in [0.25, 0.3) is 0 Å². The predicted octanol–water partition coefficient (Wildman–Crippen LogP) is 1.50. The number of aromatic nitrogens is 2. The zero-order valence-electron chi connectivity index (χ0n) is 20.7. The van der Waals surface area contributed by atoms with Crippen LogP contribution in [-0.2, 0) is 46.1 Å². The Labute approximate surface area is 202 Å². The first-order valence-corrected chi connectivity index (χ1v) is 12.5. The monoisotopic (exact) mass is 520 g/mol. The summed E-state index contributed by atoms with van der Waals surface area (Å²) in [5.41, 5.74) is -3.47. The normalized spacial score (nSPS) is 19.0. The first-order valence-electron chi connectivity index (χ1n) is 11.0. The Kier molecular flexibility index (Phi) is 8.88. The van der Waals surface area contributed by atoms with E-state index >= 15 is 0 Å². The zero-order valence-corrected chi connectivity index (χ0v) is 21.5. The molecule has 2 heterocycles. The molecule has 2 atom stereocenters. The van der Waals surface area contributed by atoms with E-state index in [9.17, 15) is 23.7 Å². The van der Waals surface area contributed by atoms with Gasteiger partial charge in [-0.1, -0.05) is 0 Å². The van der Waals surface area contributed by atoms with Gasteiger partial charge in [-0.15, -0.1) is 0 Å². The van der Waals surface area contributed by atoms with Gasteiger partial charge in [-0.2, -0.15) is 0 Å². The van der Waals surface area contributed by atoms with Gasteiger partial charge in [0, 0.05) is 0 Å². The molecule has 35 heavy (non-hydrogen) atoms. The van der Waals surface area contributed by atoms with Gasteiger partial charge in [0.25, 0.3) is 5.56 Å². The van der Waals surface area contributed by atoms with Crippen molar-refractivity contribution in [2.45, 2.75) is 79.9 Å². The van der Waals surface area contributed by atoms with E-state index in [1.165, 1.54) is 0 Å². The Morgan fingerprint density at radius 3 is 2.09 bits per heavy atom. The van der Waals surface area contributed by atoms with Crippen molar-refractivity contribution in [3.05, 3.63) is 32.1 Å². The third-order valence-corrected chi connectivity index (χ3v) is 5.55. The summed E-state index contributed by atoms with van der Waals surface area (Å²) in [6.45, 7) is 8.46. The van der Waals surface area contributed by atoms with Crippen molar-refractivity contribution >= 4 is 19.8 Å². The number of ether oxygens (including phenoxy) is 3. The maximum atomic E-state index is 12.8. The van der Waals surface area contributed by atoms with Crippen LogP contribution >= 0.6 is 7.82 Å². The minimum absolute atomic E-state index is 0.0142.